The molecule has 1 aliphatic carbocycles. The Kier molecular flexibility index (Phi) is 8.67. The number of thiophene rings is 1. The zero-order valence-corrected chi connectivity index (χ0v) is 26.6. The average Bonchev–Trinajstić information content (AvgIpc) is 3.70. The van der Waals surface area contributed by atoms with Crippen molar-refractivity contribution in [3.05, 3.63) is 107 Å². The third-order valence-corrected chi connectivity index (χ3v) is 9.75. The number of hydrogen-bond acceptors (Lipinski definition) is 7. The lowest BCUT2D eigenvalue weighted by Crippen LogP contribution is -2.46. The SMILES string of the molecule is COC1(C)C=CC=C(C(=O)N(Cc2cncn2Cc2ccc(C#N)cc2)c2ccc3sc(C(=O)N4CCN(C)CC4)cc3c2)C1. The smallest absolute Gasteiger partial charge is 0.264 e. The van der Waals surface area contributed by atoms with Gasteiger partial charge in [0.1, 0.15) is 0 Å². The lowest BCUT2D eigenvalue weighted by molar-refractivity contribution is -0.116. The number of hydrogen-bond donors (Lipinski definition) is 0. The maximum atomic E-state index is 14.3. The fourth-order valence-corrected chi connectivity index (χ4v) is 6.75. The molecule has 1 unspecified atom stereocenters. The molecule has 0 radical (unpaired) electrons. The Morgan fingerprint density at radius 1 is 1.11 bits per heavy atom. The second-order valence-corrected chi connectivity index (χ2v) is 13.0. The van der Waals surface area contributed by atoms with Crippen LogP contribution in [0.25, 0.3) is 10.1 Å². The Hall–Kier alpha value is -4.56. The highest BCUT2D eigenvalue weighted by Gasteiger charge is 2.31. The first-order chi connectivity index (χ1) is 21.7. The van der Waals surface area contributed by atoms with Gasteiger partial charge in [-0.25, -0.2) is 4.98 Å². The van der Waals surface area contributed by atoms with Gasteiger partial charge in [-0.2, -0.15) is 5.26 Å². The second kappa shape index (κ2) is 12.8. The molecule has 6 rings (SSSR count). The van der Waals surface area contributed by atoms with E-state index in [-0.39, 0.29) is 11.8 Å². The maximum Gasteiger partial charge on any atom is 0.264 e. The van der Waals surface area contributed by atoms with E-state index in [1.165, 1.54) is 11.3 Å². The number of carbonyl (C=O) groups excluding carboxylic acids is 2. The van der Waals surface area contributed by atoms with Crippen LogP contribution in [0.2, 0.25) is 0 Å². The molecule has 2 aromatic heterocycles. The molecule has 1 fully saturated rings. The van der Waals surface area contributed by atoms with Crippen LogP contribution in [0, 0.1) is 11.3 Å². The van der Waals surface area contributed by atoms with E-state index in [1.54, 1.807) is 36.7 Å². The molecule has 2 aromatic carbocycles. The van der Waals surface area contributed by atoms with Gasteiger partial charge in [0.05, 0.1) is 40.7 Å². The summed E-state index contributed by atoms with van der Waals surface area (Å²) in [6, 6.07) is 17.5. The summed E-state index contributed by atoms with van der Waals surface area (Å²) in [7, 11) is 3.73. The van der Waals surface area contributed by atoms with Crippen molar-refractivity contribution in [3.63, 3.8) is 0 Å². The normalized spacial score (nSPS) is 18.5. The first-order valence-electron chi connectivity index (χ1n) is 15.0. The number of imidazole rings is 1. The van der Waals surface area contributed by atoms with Crippen molar-refractivity contribution >= 4 is 38.9 Å². The quantitative estimate of drug-likeness (QED) is 0.268. The van der Waals surface area contributed by atoms with E-state index >= 15 is 0 Å². The third kappa shape index (κ3) is 6.61. The first kappa shape index (κ1) is 30.5. The van der Waals surface area contributed by atoms with E-state index in [2.05, 4.69) is 23.0 Å². The summed E-state index contributed by atoms with van der Waals surface area (Å²) in [5, 5.41) is 10.1. The molecule has 4 aromatic rings. The topological polar surface area (TPSA) is 94.7 Å². The van der Waals surface area contributed by atoms with Gasteiger partial charge in [-0.15, -0.1) is 11.3 Å². The van der Waals surface area contributed by atoms with Crippen molar-refractivity contribution in [2.24, 2.45) is 0 Å². The van der Waals surface area contributed by atoms with Crippen LogP contribution in [-0.4, -0.2) is 77.1 Å². The number of rotatable bonds is 8. The molecule has 0 saturated carbocycles. The standard InChI is InChI=1S/C35H36N6O3S/c1-35(44-3)12-4-5-27(19-35)33(42)41(23-30-21-37-24-40(30)22-26-8-6-25(20-36)7-9-26)29-10-11-31-28(17-29)18-32(45-31)34(43)39-15-13-38(2)14-16-39/h4-12,17-18,21,24H,13-16,19,22-23H2,1-3H3. The van der Waals surface area contributed by atoms with Gasteiger partial charge in [-0.05, 0) is 61.3 Å². The summed E-state index contributed by atoms with van der Waals surface area (Å²) in [6.07, 6.45) is 9.71. The predicted molar refractivity (Wildman–Crippen MR) is 176 cm³/mol. The van der Waals surface area contributed by atoms with Crippen molar-refractivity contribution in [2.75, 3.05) is 45.2 Å². The molecular formula is C35H36N6O3S. The van der Waals surface area contributed by atoms with E-state index in [9.17, 15) is 9.59 Å². The highest BCUT2D eigenvalue weighted by molar-refractivity contribution is 7.20. The molecule has 1 atom stereocenters. The summed E-state index contributed by atoms with van der Waals surface area (Å²) >= 11 is 1.49. The number of allylic oxidation sites excluding steroid dienone is 2. The number of amides is 2. The van der Waals surface area contributed by atoms with E-state index in [4.69, 9.17) is 10.00 Å². The van der Waals surface area contributed by atoms with Gasteiger partial charge in [-0.1, -0.05) is 30.4 Å². The van der Waals surface area contributed by atoms with Gasteiger partial charge in [-0.3, -0.25) is 9.59 Å². The monoisotopic (exact) mass is 620 g/mol. The number of nitrogens with zero attached hydrogens (tertiary/aromatic N) is 6. The van der Waals surface area contributed by atoms with Gasteiger partial charge < -0.3 is 24.0 Å². The summed E-state index contributed by atoms with van der Waals surface area (Å²) in [5.74, 6) is -0.0550. The van der Waals surface area contributed by atoms with Crippen LogP contribution in [0.1, 0.15) is 39.8 Å². The fourth-order valence-electron chi connectivity index (χ4n) is 5.74. The number of fused-ring (bicyclic) bond motifs is 1. The first-order valence-corrected chi connectivity index (χ1v) is 15.8. The molecule has 2 amide bonds. The zero-order chi connectivity index (χ0) is 31.6. The summed E-state index contributed by atoms with van der Waals surface area (Å²) in [5.41, 5.74) is 3.32. The minimum Gasteiger partial charge on any atom is -0.374 e. The van der Waals surface area contributed by atoms with Crippen LogP contribution in [-0.2, 0) is 22.6 Å². The molecule has 1 aliphatic heterocycles. The Labute approximate surface area is 267 Å². The Morgan fingerprint density at radius 2 is 1.89 bits per heavy atom. The zero-order valence-electron chi connectivity index (χ0n) is 25.8. The molecule has 9 nitrogen and oxygen atoms in total. The van der Waals surface area contributed by atoms with Gasteiger partial charge >= 0.3 is 0 Å². The van der Waals surface area contributed by atoms with Crippen molar-refractivity contribution < 1.29 is 14.3 Å². The number of anilines is 1. The lowest BCUT2D eigenvalue weighted by Gasteiger charge is -2.32. The highest BCUT2D eigenvalue weighted by Crippen LogP contribution is 2.33. The summed E-state index contributed by atoms with van der Waals surface area (Å²) in [6.45, 7) is 5.99. The van der Waals surface area contributed by atoms with Crippen molar-refractivity contribution in [1.82, 2.24) is 19.4 Å². The van der Waals surface area contributed by atoms with Gasteiger partial charge in [0.15, 0.2) is 0 Å². The van der Waals surface area contributed by atoms with Gasteiger partial charge in [0.2, 0.25) is 0 Å². The molecule has 10 heteroatoms. The number of piperazine rings is 1. The molecule has 1 saturated heterocycles. The molecule has 0 N–H and O–H groups in total. The average molecular weight is 621 g/mol. The van der Waals surface area contributed by atoms with Gasteiger partial charge in [0.25, 0.3) is 11.8 Å². The van der Waals surface area contributed by atoms with Crippen LogP contribution < -0.4 is 4.90 Å². The Bertz CT molecular complexity index is 1820. The van der Waals surface area contributed by atoms with E-state index in [1.807, 2.05) is 71.0 Å². The largest absolute Gasteiger partial charge is 0.374 e. The number of benzene rings is 2. The van der Waals surface area contributed by atoms with Crippen LogP contribution in [0.3, 0.4) is 0 Å². The van der Waals surface area contributed by atoms with Crippen LogP contribution in [0.4, 0.5) is 5.69 Å². The Balaban J connectivity index is 1.32. The molecule has 230 valence electrons. The highest BCUT2D eigenvalue weighted by atomic mass is 32.1. The summed E-state index contributed by atoms with van der Waals surface area (Å²) < 4.78 is 8.74. The maximum absolute atomic E-state index is 14.3. The van der Waals surface area contributed by atoms with Crippen LogP contribution in [0.15, 0.2) is 84.9 Å². The number of ether oxygens (including phenoxy) is 1. The fraction of sp³-hybridized carbons (Fsp3) is 0.314. The van der Waals surface area contributed by atoms with Crippen molar-refractivity contribution in [3.8, 4) is 6.07 Å². The van der Waals surface area contributed by atoms with Crippen molar-refractivity contribution in [2.45, 2.75) is 32.0 Å². The van der Waals surface area contributed by atoms with E-state index < -0.39 is 5.60 Å². The van der Waals surface area contributed by atoms with E-state index in [0.717, 1.165) is 53.2 Å². The summed E-state index contributed by atoms with van der Waals surface area (Å²) in [4.78, 5) is 38.7. The van der Waals surface area contributed by atoms with Crippen LogP contribution >= 0.6 is 11.3 Å². The molecule has 0 bridgehead atoms. The molecule has 0 spiro atoms. The number of methoxy groups -OCH3 is 1. The number of likely N-dealkylation sites (N-methyl/N-ethyl adjacent to an activating group) is 1. The molecule has 2 aliphatic rings. The van der Waals surface area contributed by atoms with Crippen molar-refractivity contribution in [1.29, 1.82) is 5.26 Å². The second-order valence-electron chi connectivity index (χ2n) is 11.9. The minimum absolute atomic E-state index is 0.0588. The number of carbonyl (C=O) groups is 2. The number of nitriles is 1. The van der Waals surface area contributed by atoms with Gasteiger partial charge in [0, 0.05) is 68.4 Å². The molecule has 45 heavy (non-hydrogen) atoms. The predicted octanol–water partition coefficient (Wildman–Crippen LogP) is 5.23. The third-order valence-electron chi connectivity index (χ3n) is 8.64. The lowest BCUT2D eigenvalue weighted by atomic mass is 9.90. The molecule has 3 heterocycles. The Morgan fingerprint density at radius 3 is 2.62 bits per heavy atom. The molecular weight excluding hydrogens is 584 g/mol. The minimum atomic E-state index is -0.571. The van der Waals surface area contributed by atoms with Crippen LogP contribution in [0.5, 0.6) is 0 Å². The number of aromatic nitrogens is 2. The van der Waals surface area contributed by atoms with E-state index in [0.29, 0.717) is 35.5 Å².